The fraction of sp³-hybridized carbons (Fsp3) is 0.514. The minimum atomic E-state index is -0.525. The van der Waals surface area contributed by atoms with Gasteiger partial charge in [0.15, 0.2) is 5.78 Å². The highest BCUT2D eigenvalue weighted by atomic mass is 32.1. The zero-order chi connectivity index (χ0) is 30.0. The van der Waals surface area contributed by atoms with Crippen molar-refractivity contribution in [3.63, 3.8) is 0 Å². The van der Waals surface area contributed by atoms with Crippen molar-refractivity contribution >= 4 is 34.1 Å². The first kappa shape index (κ1) is 31.0. The van der Waals surface area contributed by atoms with E-state index in [2.05, 4.69) is 44.5 Å². The lowest BCUT2D eigenvalue weighted by Crippen LogP contribution is -2.51. The summed E-state index contributed by atoms with van der Waals surface area (Å²) < 4.78 is 4.08. The number of ketones is 1. The van der Waals surface area contributed by atoms with Gasteiger partial charge in [-0.25, -0.2) is 0 Å². The van der Waals surface area contributed by atoms with Crippen LogP contribution in [-0.2, 0) is 20.8 Å². The Labute approximate surface area is 259 Å². The molecule has 2 fully saturated rings. The van der Waals surface area contributed by atoms with Crippen LogP contribution in [0.2, 0.25) is 0 Å². The van der Waals surface area contributed by atoms with Gasteiger partial charge in [0.05, 0.1) is 6.04 Å². The van der Waals surface area contributed by atoms with Crippen LogP contribution in [0.15, 0.2) is 60.7 Å². The highest BCUT2D eigenvalue weighted by Crippen LogP contribution is 2.38. The molecule has 43 heavy (non-hydrogen) atoms. The lowest BCUT2D eigenvalue weighted by Gasteiger charge is -2.33. The maximum atomic E-state index is 14.2. The molecule has 3 aromatic rings. The predicted octanol–water partition coefficient (Wildman–Crippen LogP) is 7.24. The minimum absolute atomic E-state index is 0.0362. The summed E-state index contributed by atoms with van der Waals surface area (Å²) in [6, 6.07) is 19.6. The van der Waals surface area contributed by atoms with Crippen molar-refractivity contribution in [3.05, 3.63) is 66.2 Å². The average Bonchev–Trinajstić information content (AvgIpc) is 3.73. The maximum Gasteiger partial charge on any atom is 0.228 e. The number of aryl methyl sites for hydroxylation is 1. The normalized spacial score (nSPS) is 20.3. The third-order valence-corrected chi connectivity index (χ3v) is 10.00. The first-order valence-corrected chi connectivity index (χ1v) is 16.8. The molecule has 0 radical (unpaired) electrons. The summed E-state index contributed by atoms with van der Waals surface area (Å²) in [5.74, 6) is -0.987. The summed E-state index contributed by atoms with van der Waals surface area (Å²) in [5.41, 5.74) is 2.85. The van der Waals surface area contributed by atoms with Crippen LogP contribution in [0.1, 0.15) is 83.1 Å². The number of carbonyl (C=O) groups is 3. The first-order chi connectivity index (χ1) is 21.0. The molecule has 5 rings (SSSR count). The molecule has 8 heteroatoms. The molecule has 2 unspecified atom stereocenters. The Kier molecular flexibility index (Phi) is 11.1. The number of nitrogens with zero attached hydrogens (tertiary/aromatic N) is 2. The van der Waals surface area contributed by atoms with Crippen LogP contribution in [0, 0.1) is 23.7 Å². The molecule has 1 heterocycles. The van der Waals surface area contributed by atoms with Crippen molar-refractivity contribution in [2.75, 3.05) is 5.32 Å². The lowest BCUT2D eigenvalue weighted by molar-refractivity contribution is -0.136. The fourth-order valence-corrected chi connectivity index (χ4v) is 7.44. The summed E-state index contributed by atoms with van der Waals surface area (Å²) in [5, 5.41) is 11.1. The lowest BCUT2D eigenvalue weighted by atomic mass is 9.77. The molecule has 0 bridgehead atoms. The Morgan fingerprint density at radius 3 is 2.30 bits per heavy atom. The number of rotatable bonds is 13. The zero-order valence-electron chi connectivity index (χ0n) is 25.2. The quantitative estimate of drug-likeness (QED) is 0.201. The molecule has 1 aromatic heterocycles. The Bertz CT molecular complexity index is 1340. The van der Waals surface area contributed by atoms with Crippen molar-refractivity contribution in [2.45, 2.75) is 90.0 Å². The number of aromatic nitrogens is 2. The molecule has 0 spiro atoms. The van der Waals surface area contributed by atoms with Crippen molar-refractivity contribution < 1.29 is 14.4 Å². The van der Waals surface area contributed by atoms with Crippen LogP contribution in [-0.4, -0.2) is 33.2 Å². The van der Waals surface area contributed by atoms with E-state index in [1.54, 1.807) is 0 Å². The third kappa shape index (κ3) is 8.17. The fourth-order valence-electron chi connectivity index (χ4n) is 6.85. The first-order valence-electron chi connectivity index (χ1n) is 16.1. The van der Waals surface area contributed by atoms with Gasteiger partial charge in [-0.1, -0.05) is 104 Å². The van der Waals surface area contributed by atoms with Gasteiger partial charge in [-0.05, 0) is 56.4 Å². The molecule has 0 aliphatic heterocycles. The second-order valence-corrected chi connectivity index (χ2v) is 13.1. The summed E-state index contributed by atoms with van der Waals surface area (Å²) in [4.78, 5) is 41.2. The third-order valence-electron chi connectivity index (χ3n) is 9.36. The summed E-state index contributed by atoms with van der Waals surface area (Å²) in [6.07, 6.45) is 11.2. The van der Waals surface area contributed by atoms with Gasteiger partial charge in [0.1, 0.15) is 10.7 Å². The van der Waals surface area contributed by atoms with Crippen molar-refractivity contribution in [1.29, 1.82) is 0 Å². The van der Waals surface area contributed by atoms with Crippen LogP contribution in [0.5, 0.6) is 0 Å². The number of nitrogens with one attached hydrogen (secondary N) is 2. The van der Waals surface area contributed by atoms with E-state index in [0.717, 1.165) is 74.9 Å². The number of anilines is 1. The molecule has 2 aliphatic carbocycles. The summed E-state index contributed by atoms with van der Waals surface area (Å²) >= 11 is 1.15. The molecule has 2 saturated carbocycles. The monoisotopic (exact) mass is 600 g/mol. The number of carbonyl (C=O) groups excluding carboxylic acids is 3. The van der Waals surface area contributed by atoms with Gasteiger partial charge in [0.25, 0.3) is 0 Å². The van der Waals surface area contributed by atoms with E-state index >= 15 is 0 Å². The average molecular weight is 601 g/mol. The molecule has 2 N–H and O–H groups in total. The molecule has 228 valence electrons. The number of hydrogen-bond acceptors (Lipinski definition) is 6. The van der Waals surface area contributed by atoms with Crippen LogP contribution >= 0.6 is 11.5 Å². The van der Waals surface area contributed by atoms with E-state index in [-0.39, 0.29) is 29.4 Å². The number of benzene rings is 2. The molecule has 0 saturated heterocycles. The van der Waals surface area contributed by atoms with E-state index in [1.165, 1.54) is 12.0 Å². The topological polar surface area (TPSA) is 101 Å². The van der Waals surface area contributed by atoms with Gasteiger partial charge in [-0.2, -0.15) is 0 Å². The minimum Gasteiger partial charge on any atom is -0.346 e. The molecule has 2 aliphatic rings. The second-order valence-electron chi connectivity index (χ2n) is 12.4. The highest BCUT2D eigenvalue weighted by molar-refractivity contribution is 7.10. The predicted molar refractivity (Wildman–Crippen MR) is 171 cm³/mol. The van der Waals surface area contributed by atoms with E-state index in [0.29, 0.717) is 23.5 Å². The number of Topliss-reactive ketones (excluding diaryl/α,β-unsaturated/α-hetero) is 1. The second kappa shape index (κ2) is 15.4. The Morgan fingerprint density at radius 1 is 0.860 bits per heavy atom. The smallest absolute Gasteiger partial charge is 0.228 e. The van der Waals surface area contributed by atoms with Crippen LogP contribution in [0.25, 0.3) is 11.3 Å². The Balaban J connectivity index is 1.22. The number of unbranched alkanes of at least 4 members (excludes halogenated alkanes) is 1. The summed E-state index contributed by atoms with van der Waals surface area (Å²) in [6.45, 7) is 1.97. The standard InChI is InChI=1S/C35H44N4O3S/c1-24(14-11-12-17-25-15-5-2-6-16-25)33(41)36-30(26-18-7-3-8-19-26)32(40)28-22-13-23-29(28)34(42)37-35-31(38-39-43-35)27-20-9-4-10-21-27/h2,4-6,9-10,15-16,20-21,24,26,28-30H,3,7-8,11-14,17-19,22-23H2,1H3,(H,36,41)(H,37,42)/t24?,28?,29-,30+/m1/s1. The summed E-state index contributed by atoms with van der Waals surface area (Å²) in [7, 11) is 0. The SMILES string of the molecule is CC(CCCCc1ccccc1)C(=O)N[C@H](C(=O)C1CCC[C@H]1C(=O)Nc1snnc1-c1ccccc1)C1CCCCC1. The van der Waals surface area contributed by atoms with Crippen LogP contribution < -0.4 is 10.6 Å². The molecule has 2 aromatic carbocycles. The highest BCUT2D eigenvalue weighted by Gasteiger charge is 2.43. The van der Waals surface area contributed by atoms with Gasteiger partial charge < -0.3 is 10.6 Å². The van der Waals surface area contributed by atoms with Crippen LogP contribution in [0.3, 0.4) is 0 Å². The zero-order valence-corrected chi connectivity index (χ0v) is 26.0. The van der Waals surface area contributed by atoms with Crippen LogP contribution in [0.4, 0.5) is 5.00 Å². The van der Waals surface area contributed by atoms with Gasteiger partial charge in [-0.15, -0.1) is 5.10 Å². The van der Waals surface area contributed by atoms with Gasteiger partial charge in [-0.3, -0.25) is 14.4 Å². The van der Waals surface area contributed by atoms with Crippen molar-refractivity contribution in [1.82, 2.24) is 14.9 Å². The largest absolute Gasteiger partial charge is 0.346 e. The van der Waals surface area contributed by atoms with Crippen molar-refractivity contribution in [2.24, 2.45) is 23.7 Å². The molecular formula is C35H44N4O3S. The molecule has 2 amide bonds. The number of amides is 2. The van der Waals surface area contributed by atoms with Crippen molar-refractivity contribution in [3.8, 4) is 11.3 Å². The van der Waals surface area contributed by atoms with Gasteiger partial charge >= 0.3 is 0 Å². The maximum absolute atomic E-state index is 14.2. The van der Waals surface area contributed by atoms with E-state index < -0.39 is 17.9 Å². The van der Waals surface area contributed by atoms with E-state index in [4.69, 9.17) is 0 Å². The van der Waals surface area contributed by atoms with E-state index in [9.17, 15) is 14.4 Å². The number of hydrogen-bond donors (Lipinski definition) is 2. The van der Waals surface area contributed by atoms with Gasteiger partial charge in [0.2, 0.25) is 11.8 Å². The Hall–Kier alpha value is -3.39. The molecular weight excluding hydrogens is 556 g/mol. The Morgan fingerprint density at radius 2 is 1.56 bits per heavy atom. The van der Waals surface area contributed by atoms with Gasteiger partial charge in [0, 0.05) is 34.8 Å². The van der Waals surface area contributed by atoms with E-state index in [1.807, 2.05) is 43.3 Å². The molecule has 7 nitrogen and oxygen atoms in total. The molecule has 4 atom stereocenters.